The van der Waals surface area contributed by atoms with Crippen LogP contribution in [0.2, 0.25) is 5.02 Å². The summed E-state index contributed by atoms with van der Waals surface area (Å²) in [6.07, 6.45) is 3.17. The van der Waals surface area contributed by atoms with Gasteiger partial charge in [-0.1, -0.05) is 35.9 Å². The lowest BCUT2D eigenvalue weighted by Gasteiger charge is -2.18. The van der Waals surface area contributed by atoms with Crippen molar-refractivity contribution in [2.75, 3.05) is 13.2 Å². The number of hydrogen-bond donors (Lipinski definition) is 1. The number of carbonyl (C=O) groups excluding carboxylic acids is 1. The highest BCUT2D eigenvalue weighted by molar-refractivity contribution is 6.32. The molecule has 1 aromatic heterocycles. The summed E-state index contributed by atoms with van der Waals surface area (Å²) in [7, 11) is 0. The first kappa shape index (κ1) is 21.7. The quantitative estimate of drug-likeness (QED) is 0.479. The number of aromatic nitrogens is 2. The topological polar surface area (TPSA) is 65.4 Å². The Balaban J connectivity index is 1.40. The summed E-state index contributed by atoms with van der Waals surface area (Å²) >= 11 is 6.15. The van der Waals surface area contributed by atoms with Crippen molar-refractivity contribution in [1.82, 2.24) is 14.9 Å². The van der Waals surface area contributed by atoms with Crippen LogP contribution in [0.3, 0.4) is 0 Å². The Hall–Kier alpha value is -2.57. The van der Waals surface area contributed by atoms with E-state index in [-0.39, 0.29) is 18.1 Å². The second kappa shape index (κ2) is 10.2. The standard InChI is InChI=1S/C24H28ClN3O3/c1-17(26-24(29)22-13-8-16-31-22)23-27-19-10-3-4-11-20(19)28(23)14-6-7-15-30-21-12-5-2-9-18(21)25/h2-5,9-12,17,22H,6-8,13-16H2,1H3,(H,26,29). The van der Waals surface area contributed by atoms with Gasteiger partial charge in [-0.3, -0.25) is 4.79 Å². The normalized spacial score (nSPS) is 17.0. The molecular weight excluding hydrogens is 414 g/mol. The summed E-state index contributed by atoms with van der Waals surface area (Å²) in [6, 6.07) is 15.4. The van der Waals surface area contributed by atoms with Crippen molar-refractivity contribution in [3.63, 3.8) is 0 Å². The van der Waals surface area contributed by atoms with E-state index in [1.165, 1.54) is 0 Å². The molecule has 2 heterocycles. The maximum atomic E-state index is 12.5. The highest BCUT2D eigenvalue weighted by Gasteiger charge is 2.26. The van der Waals surface area contributed by atoms with E-state index in [0.29, 0.717) is 24.0 Å². The van der Waals surface area contributed by atoms with Gasteiger partial charge in [0.2, 0.25) is 5.91 Å². The average Bonchev–Trinajstić information content (AvgIpc) is 3.43. The number of hydrogen-bond acceptors (Lipinski definition) is 4. The predicted molar refractivity (Wildman–Crippen MR) is 121 cm³/mol. The van der Waals surface area contributed by atoms with Crippen LogP contribution in [0.5, 0.6) is 5.75 Å². The Morgan fingerprint density at radius 2 is 2.06 bits per heavy atom. The number of amides is 1. The molecule has 31 heavy (non-hydrogen) atoms. The summed E-state index contributed by atoms with van der Waals surface area (Å²) < 4.78 is 13.5. The molecule has 0 radical (unpaired) electrons. The van der Waals surface area contributed by atoms with Crippen LogP contribution in [0, 0.1) is 0 Å². The highest BCUT2D eigenvalue weighted by Crippen LogP contribution is 2.24. The van der Waals surface area contributed by atoms with Gasteiger partial charge in [0.1, 0.15) is 17.7 Å². The Morgan fingerprint density at radius 1 is 1.26 bits per heavy atom. The largest absolute Gasteiger partial charge is 0.492 e. The van der Waals surface area contributed by atoms with Crippen molar-refractivity contribution < 1.29 is 14.3 Å². The predicted octanol–water partition coefficient (Wildman–Crippen LogP) is 4.91. The zero-order chi connectivity index (χ0) is 21.6. The third kappa shape index (κ3) is 5.20. The van der Waals surface area contributed by atoms with Crippen molar-refractivity contribution in [2.24, 2.45) is 0 Å². The van der Waals surface area contributed by atoms with Crippen LogP contribution in [0.15, 0.2) is 48.5 Å². The number of nitrogens with one attached hydrogen (secondary N) is 1. The summed E-state index contributed by atoms with van der Waals surface area (Å²) in [5.41, 5.74) is 2.01. The first-order valence-electron chi connectivity index (χ1n) is 10.9. The lowest BCUT2D eigenvalue weighted by molar-refractivity contribution is -0.130. The lowest BCUT2D eigenvalue weighted by atomic mass is 10.2. The molecule has 2 unspecified atom stereocenters. The number of ether oxygens (including phenoxy) is 2. The Bertz CT molecular complexity index is 1030. The Labute approximate surface area is 187 Å². The molecule has 3 aromatic rings. The molecule has 6 nitrogen and oxygen atoms in total. The van der Waals surface area contributed by atoms with Crippen LogP contribution >= 0.6 is 11.6 Å². The molecule has 4 rings (SSSR count). The molecule has 1 aliphatic rings. The molecule has 164 valence electrons. The summed E-state index contributed by atoms with van der Waals surface area (Å²) in [5.74, 6) is 1.51. The minimum absolute atomic E-state index is 0.0586. The van der Waals surface area contributed by atoms with Gasteiger partial charge in [0.15, 0.2) is 0 Å². The van der Waals surface area contributed by atoms with E-state index in [1.807, 2.05) is 49.4 Å². The lowest BCUT2D eigenvalue weighted by Crippen LogP contribution is -2.36. The van der Waals surface area contributed by atoms with Gasteiger partial charge in [0.25, 0.3) is 0 Å². The van der Waals surface area contributed by atoms with Gasteiger partial charge in [-0.05, 0) is 56.9 Å². The minimum Gasteiger partial charge on any atom is -0.492 e. The van der Waals surface area contributed by atoms with Gasteiger partial charge in [0, 0.05) is 13.2 Å². The zero-order valence-electron chi connectivity index (χ0n) is 17.7. The smallest absolute Gasteiger partial charge is 0.249 e. The molecule has 7 heteroatoms. The van der Waals surface area contributed by atoms with Crippen molar-refractivity contribution in [3.05, 3.63) is 59.4 Å². The van der Waals surface area contributed by atoms with E-state index < -0.39 is 0 Å². The van der Waals surface area contributed by atoms with Crippen LogP contribution < -0.4 is 10.1 Å². The maximum Gasteiger partial charge on any atom is 0.249 e. The molecule has 2 aromatic carbocycles. The number of benzene rings is 2. The van der Waals surface area contributed by atoms with Gasteiger partial charge in [-0.15, -0.1) is 0 Å². The third-order valence-electron chi connectivity index (χ3n) is 5.52. The first-order chi connectivity index (χ1) is 15.1. The molecule has 2 atom stereocenters. The number of fused-ring (bicyclic) bond motifs is 1. The highest BCUT2D eigenvalue weighted by atomic mass is 35.5. The number of imidazole rings is 1. The average molecular weight is 442 g/mol. The number of unbranched alkanes of at least 4 members (excludes halogenated alkanes) is 1. The molecule has 0 spiro atoms. The fraction of sp³-hybridized carbons (Fsp3) is 0.417. The summed E-state index contributed by atoms with van der Waals surface area (Å²) in [5, 5.41) is 3.71. The monoisotopic (exact) mass is 441 g/mol. The second-order valence-corrected chi connectivity index (χ2v) is 8.24. The molecule has 1 saturated heterocycles. The van der Waals surface area contributed by atoms with Crippen molar-refractivity contribution in [2.45, 2.75) is 51.3 Å². The summed E-state index contributed by atoms with van der Waals surface area (Å²) in [6.45, 7) is 4.02. The molecule has 1 aliphatic heterocycles. The fourth-order valence-corrected chi connectivity index (χ4v) is 4.12. The number of para-hydroxylation sites is 3. The van der Waals surface area contributed by atoms with Crippen molar-refractivity contribution >= 4 is 28.5 Å². The van der Waals surface area contributed by atoms with Gasteiger partial charge >= 0.3 is 0 Å². The van der Waals surface area contributed by atoms with Gasteiger partial charge in [-0.25, -0.2) is 4.98 Å². The SMILES string of the molecule is CC(NC(=O)C1CCCO1)c1nc2ccccc2n1CCCCOc1ccccc1Cl. The van der Waals surface area contributed by atoms with Crippen LogP contribution in [0.25, 0.3) is 11.0 Å². The minimum atomic E-state index is -0.345. The first-order valence-corrected chi connectivity index (χ1v) is 11.3. The van der Waals surface area contributed by atoms with Crippen LogP contribution in [-0.4, -0.2) is 34.8 Å². The molecular formula is C24H28ClN3O3. The van der Waals surface area contributed by atoms with Crippen molar-refractivity contribution in [3.8, 4) is 5.75 Å². The number of nitrogens with zero attached hydrogens (tertiary/aromatic N) is 2. The Morgan fingerprint density at radius 3 is 2.87 bits per heavy atom. The van der Waals surface area contributed by atoms with E-state index in [9.17, 15) is 4.79 Å². The second-order valence-electron chi connectivity index (χ2n) is 7.83. The molecule has 0 aliphatic carbocycles. The van der Waals surface area contributed by atoms with Crippen LogP contribution in [0.1, 0.15) is 44.5 Å². The van der Waals surface area contributed by atoms with Crippen LogP contribution in [0.4, 0.5) is 0 Å². The molecule has 1 amide bonds. The van der Waals surface area contributed by atoms with E-state index in [4.69, 9.17) is 26.1 Å². The fourth-order valence-electron chi connectivity index (χ4n) is 3.93. The maximum absolute atomic E-state index is 12.5. The summed E-state index contributed by atoms with van der Waals surface area (Å²) in [4.78, 5) is 17.3. The number of rotatable bonds is 9. The molecule has 0 bridgehead atoms. The molecule has 0 saturated carbocycles. The van der Waals surface area contributed by atoms with Gasteiger partial charge < -0.3 is 19.4 Å². The van der Waals surface area contributed by atoms with Crippen molar-refractivity contribution in [1.29, 1.82) is 0 Å². The van der Waals surface area contributed by atoms with Gasteiger partial charge in [0.05, 0.1) is 28.7 Å². The van der Waals surface area contributed by atoms with E-state index >= 15 is 0 Å². The van der Waals surface area contributed by atoms with Crippen LogP contribution in [-0.2, 0) is 16.1 Å². The third-order valence-corrected chi connectivity index (χ3v) is 5.83. The molecule has 1 N–H and O–H groups in total. The number of halogens is 1. The van der Waals surface area contributed by atoms with Gasteiger partial charge in [-0.2, -0.15) is 0 Å². The Kier molecular flexibility index (Phi) is 7.10. The zero-order valence-corrected chi connectivity index (χ0v) is 18.5. The molecule has 1 fully saturated rings. The van der Waals surface area contributed by atoms with E-state index in [0.717, 1.165) is 49.1 Å². The van der Waals surface area contributed by atoms with E-state index in [2.05, 4.69) is 16.0 Å². The number of carbonyl (C=O) groups is 1. The van der Waals surface area contributed by atoms with E-state index in [1.54, 1.807) is 0 Å². The number of aryl methyl sites for hydroxylation is 1.